The van der Waals surface area contributed by atoms with Gasteiger partial charge in [-0.3, -0.25) is 4.79 Å². The van der Waals surface area contributed by atoms with E-state index in [-0.39, 0.29) is 33.9 Å². The fourth-order valence-electron chi connectivity index (χ4n) is 2.27. The summed E-state index contributed by atoms with van der Waals surface area (Å²) in [5, 5.41) is 20.2. The smallest absolute Gasteiger partial charge is 0.190 e. The van der Waals surface area contributed by atoms with E-state index in [9.17, 15) is 15.0 Å². The van der Waals surface area contributed by atoms with Crippen LogP contribution in [0.3, 0.4) is 0 Å². The molecule has 0 spiro atoms. The van der Waals surface area contributed by atoms with Crippen LogP contribution in [0.2, 0.25) is 0 Å². The minimum atomic E-state index is -0.339. The highest BCUT2D eigenvalue weighted by molar-refractivity contribution is 7.96. The van der Waals surface area contributed by atoms with Gasteiger partial charge in [-0.1, -0.05) is 47.6 Å². The molecule has 0 saturated heterocycles. The summed E-state index contributed by atoms with van der Waals surface area (Å²) in [7, 11) is 0. The normalized spacial score (nSPS) is 12.6. The molecule has 0 amide bonds. The zero-order valence-electron chi connectivity index (χ0n) is 13.0. The summed E-state index contributed by atoms with van der Waals surface area (Å²) in [6.07, 6.45) is -0.000466. The van der Waals surface area contributed by atoms with Gasteiger partial charge in [-0.2, -0.15) is 0 Å². The Balaban J connectivity index is 3.69. The van der Waals surface area contributed by atoms with Gasteiger partial charge in [-0.05, 0) is 16.4 Å². The third-order valence-electron chi connectivity index (χ3n) is 3.32. The molecule has 1 rings (SSSR count). The number of thiol groups is 1. The van der Waals surface area contributed by atoms with Crippen LogP contribution in [0.5, 0.6) is 11.5 Å². The highest BCUT2D eigenvalue weighted by Gasteiger charge is 2.29. The molecule has 20 heavy (non-hydrogen) atoms. The Morgan fingerprint density at radius 1 is 1.00 bits per heavy atom. The van der Waals surface area contributed by atoms with Gasteiger partial charge in [-0.15, -0.1) is 12.6 Å². The van der Waals surface area contributed by atoms with Crippen molar-refractivity contribution >= 4 is 17.7 Å². The first-order chi connectivity index (χ1) is 8.85. The average Bonchev–Trinajstić information content (AvgIpc) is 2.20. The van der Waals surface area contributed by atoms with Crippen LogP contribution in [-0.2, 0) is 22.0 Å². The van der Waals surface area contributed by atoms with Crippen molar-refractivity contribution in [3.63, 3.8) is 0 Å². The maximum absolute atomic E-state index is 11.3. The predicted molar refractivity (Wildman–Crippen MR) is 84.9 cm³/mol. The third kappa shape index (κ3) is 3.48. The molecule has 0 aliphatic rings. The van der Waals surface area contributed by atoms with E-state index < -0.39 is 0 Å². The molecule has 0 fully saturated rings. The van der Waals surface area contributed by atoms with Gasteiger partial charge in [0, 0.05) is 17.5 Å². The van der Waals surface area contributed by atoms with Crippen molar-refractivity contribution in [2.75, 3.05) is 0 Å². The Labute approximate surface area is 126 Å². The first-order valence-electron chi connectivity index (χ1n) is 6.66. The lowest BCUT2D eigenvalue weighted by Gasteiger charge is -2.29. The fraction of sp³-hybridized carbons (Fsp3) is 0.562. The molecule has 1 aromatic carbocycles. The molecule has 4 heteroatoms. The van der Waals surface area contributed by atoms with Crippen LogP contribution in [0, 0.1) is 0 Å². The molecule has 0 aliphatic heterocycles. The van der Waals surface area contributed by atoms with Gasteiger partial charge in [0.15, 0.2) is 16.6 Å². The molecule has 0 aliphatic carbocycles. The molecule has 0 radical (unpaired) electrons. The number of aromatic hydroxyl groups is 2. The van der Waals surface area contributed by atoms with Gasteiger partial charge in [0.2, 0.25) is 0 Å². The van der Waals surface area contributed by atoms with Crippen LogP contribution >= 0.6 is 12.6 Å². The Morgan fingerprint density at radius 3 is 1.80 bits per heavy atom. The van der Waals surface area contributed by atoms with Crippen molar-refractivity contribution < 1.29 is 15.0 Å². The molecule has 0 saturated carbocycles. The van der Waals surface area contributed by atoms with Crippen LogP contribution < -0.4 is 0 Å². The molecule has 1 aromatic rings. The number of rotatable bonds is 2. The third-order valence-corrected chi connectivity index (χ3v) is 3.48. The lowest BCUT2D eigenvalue weighted by Crippen LogP contribution is -2.19. The van der Waals surface area contributed by atoms with Gasteiger partial charge in [0.25, 0.3) is 0 Å². The van der Waals surface area contributed by atoms with E-state index in [4.69, 9.17) is 0 Å². The van der Waals surface area contributed by atoms with Crippen LogP contribution in [0.25, 0.3) is 0 Å². The summed E-state index contributed by atoms with van der Waals surface area (Å²) in [6, 6.07) is 1.89. The number of carbonyl (C=O) groups excluding carboxylic acids is 1. The van der Waals surface area contributed by atoms with Gasteiger partial charge >= 0.3 is 0 Å². The van der Waals surface area contributed by atoms with Crippen molar-refractivity contribution in [3.05, 3.63) is 22.8 Å². The topological polar surface area (TPSA) is 57.5 Å². The van der Waals surface area contributed by atoms with E-state index in [1.165, 1.54) is 0 Å². The lowest BCUT2D eigenvalue weighted by molar-refractivity contribution is -0.110. The summed E-state index contributed by atoms with van der Waals surface area (Å²) in [6.45, 7) is 11.9. The summed E-state index contributed by atoms with van der Waals surface area (Å²) in [5.74, 6) is -0.347. The SMILES string of the molecule is CC(C)(C)c1cc(C(C)(C)C)c(CC(=O)S)c(O)c1O. The number of carbonyl (C=O) groups is 1. The zero-order valence-corrected chi connectivity index (χ0v) is 13.9. The molecule has 0 heterocycles. The van der Waals surface area contributed by atoms with E-state index in [1.54, 1.807) is 0 Å². The minimum Gasteiger partial charge on any atom is -0.504 e. The first-order valence-corrected chi connectivity index (χ1v) is 7.11. The molecule has 2 N–H and O–H groups in total. The number of hydrogen-bond donors (Lipinski definition) is 3. The molecular weight excluding hydrogens is 272 g/mol. The van der Waals surface area contributed by atoms with E-state index in [1.807, 2.05) is 47.6 Å². The van der Waals surface area contributed by atoms with Crippen LogP contribution in [0.1, 0.15) is 58.2 Å². The average molecular weight is 296 g/mol. The molecule has 3 nitrogen and oxygen atoms in total. The second-order valence-electron chi connectivity index (χ2n) is 7.22. The maximum atomic E-state index is 11.3. The highest BCUT2D eigenvalue weighted by Crippen LogP contribution is 2.44. The summed E-state index contributed by atoms with van der Waals surface area (Å²) >= 11 is 3.79. The number of hydrogen-bond acceptors (Lipinski definition) is 3. The second-order valence-corrected chi connectivity index (χ2v) is 7.72. The van der Waals surface area contributed by atoms with E-state index >= 15 is 0 Å². The standard InChI is InChI=1S/C16H24O3S/c1-15(2,3)10-8-11(16(4,5)6)14(19)13(18)9(10)7-12(17)20/h8,18-19H,7H2,1-6H3,(H,17,20). The van der Waals surface area contributed by atoms with Gasteiger partial charge < -0.3 is 10.2 Å². The fourth-order valence-corrected chi connectivity index (χ4v) is 2.43. The molecule has 0 unspecified atom stereocenters. The number of phenolic OH excluding ortho intramolecular Hbond substituents is 2. The van der Waals surface area contributed by atoms with Crippen molar-refractivity contribution in [1.82, 2.24) is 0 Å². The summed E-state index contributed by atoms with van der Waals surface area (Å²) in [5.41, 5.74) is 1.45. The summed E-state index contributed by atoms with van der Waals surface area (Å²) < 4.78 is 0. The first kappa shape index (κ1) is 16.9. The van der Waals surface area contributed by atoms with E-state index in [0.29, 0.717) is 11.1 Å². The maximum Gasteiger partial charge on any atom is 0.190 e. The quantitative estimate of drug-likeness (QED) is 0.576. The Bertz CT molecular complexity index is 534. The van der Waals surface area contributed by atoms with Crippen LogP contribution in [0.15, 0.2) is 6.07 Å². The van der Waals surface area contributed by atoms with Crippen molar-refractivity contribution in [3.8, 4) is 11.5 Å². The van der Waals surface area contributed by atoms with E-state index in [2.05, 4.69) is 12.6 Å². The van der Waals surface area contributed by atoms with Crippen LogP contribution in [0.4, 0.5) is 0 Å². The molecular formula is C16H24O3S. The Hall–Kier alpha value is -1.16. The summed E-state index contributed by atoms with van der Waals surface area (Å²) in [4.78, 5) is 11.3. The largest absolute Gasteiger partial charge is 0.504 e. The van der Waals surface area contributed by atoms with Crippen LogP contribution in [-0.4, -0.2) is 15.3 Å². The second kappa shape index (κ2) is 5.32. The molecule has 0 aromatic heterocycles. The van der Waals surface area contributed by atoms with Gasteiger partial charge in [0.05, 0.1) is 0 Å². The Morgan fingerprint density at radius 2 is 1.45 bits per heavy atom. The molecule has 0 atom stereocenters. The molecule has 0 bridgehead atoms. The lowest BCUT2D eigenvalue weighted by atomic mass is 9.77. The van der Waals surface area contributed by atoms with Crippen molar-refractivity contribution in [2.24, 2.45) is 0 Å². The highest BCUT2D eigenvalue weighted by atomic mass is 32.1. The van der Waals surface area contributed by atoms with Gasteiger partial charge in [-0.25, -0.2) is 0 Å². The van der Waals surface area contributed by atoms with Crippen molar-refractivity contribution in [1.29, 1.82) is 0 Å². The van der Waals surface area contributed by atoms with Crippen molar-refractivity contribution in [2.45, 2.75) is 58.8 Å². The predicted octanol–water partition coefficient (Wildman–Crippen LogP) is 3.69. The Kier molecular flexibility index (Phi) is 4.49. The molecule has 112 valence electrons. The number of phenols is 2. The monoisotopic (exact) mass is 296 g/mol. The number of benzene rings is 1. The zero-order chi connectivity index (χ0) is 15.9. The minimum absolute atomic E-state index is 0.000466. The van der Waals surface area contributed by atoms with E-state index in [0.717, 1.165) is 5.56 Å². The van der Waals surface area contributed by atoms with Gasteiger partial charge in [0.1, 0.15) is 0 Å².